The summed E-state index contributed by atoms with van der Waals surface area (Å²) in [5.41, 5.74) is 0. The van der Waals surface area contributed by atoms with Crippen molar-refractivity contribution in [3.63, 3.8) is 0 Å². The second-order valence-corrected chi connectivity index (χ2v) is 18.8. The molecule has 0 aliphatic rings. The highest BCUT2D eigenvalue weighted by molar-refractivity contribution is 5.71. The lowest BCUT2D eigenvalue weighted by molar-refractivity contribution is -0.167. The molecular weight excluding hydrogens is 829 g/mol. The normalized spacial score (nSPS) is 12.6. The third kappa shape index (κ3) is 53.7. The van der Waals surface area contributed by atoms with Crippen LogP contribution in [0, 0.1) is 0 Å². The zero-order valence-electron chi connectivity index (χ0n) is 44.2. The molecule has 0 amide bonds. The maximum atomic E-state index is 12.8. The van der Waals surface area contributed by atoms with E-state index in [1.165, 1.54) is 122 Å². The molecule has 6 heteroatoms. The van der Waals surface area contributed by atoms with Crippen molar-refractivity contribution in [2.24, 2.45) is 0 Å². The van der Waals surface area contributed by atoms with Crippen LogP contribution < -0.4 is 0 Å². The van der Waals surface area contributed by atoms with Crippen molar-refractivity contribution < 1.29 is 28.6 Å². The van der Waals surface area contributed by atoms with Gasteiger partial charge in [0.25, 0.3) is 0 Å². The van der Waals surface area contributed by atoms with Gasteiger partial charge in [-0.05, 0) is 109 Å². The van der Waals surface area contributed by atoms with Crippen LogP contribution in [0.3, 0.4) is 0 Å². The fourth-order valence-electron chi connectivity index (χ4n) is 7.89. The number of carbonyl (C=O) groups excluding carboxylic acids is 3. The Balaban J connectivity index is 4.40. The number of rotatable bonds is 51. The van der Waals surface area contributed by atoms with Gasteiger partial charge in [-0.2, -0.15) is 0 Å². The number of carbonyl (C=O) groups is 3. The third-order valence-corrected chi connectivity index (χ3v) is 12.2. The first-order valence-electron chi connectivity index (χ1n) is 28.4. The standard InChI is InChI=1S/C61H106O6/c1-4-7-10-13-16-19-22-25-28-29-30-31-34-36-39-42-45-48-51-54-60(63)66-57-58(67-61(64)55-52-49-46-43-40-37-33-27-24-21-18-15-12-9-6-3)56-65-59(62)53-50-47-44-41-38-35-32-26-23-20-17-14-11-8-5-2/h8,11,16-17,19-20,25-28,32-33,58H,4-7,9-10,12-15,18,21-24,29-31,34-57H2,1-3H3/b11-8-,19-16-,20-17-,28-25-,32-26-,33-27-/t58-/m1/s1. The molecule has 0 aromatic rings. The van der Waals surface area contributed by atoms with Gasteiger partial charge in [0.1, 0.15) is 13.2 Å². The number of hydrogen-bond donors (Lipinski definition) is 0. The molecular formula is C61H106O6. The molecule has 0 N–H and O–H groups in total. The molecule has 0 saturated carbocycles. The SMILES string of the molecule is CC/C=C\C/C=C\C/C=C\CCCCCCCC(=O)OC[C@H](COC(=O)CCCCCCCCCCC/C=C\C/C=C\CCCCC)OC(=O)CCCCCCC/C=C\CCCCCCCC. The molecule has 0 saturated heterocycles. The van der Waals surface area contributed by atoms with Gasteiger partial charge in [-0.1, -0.05) is 222 Å². The van der Waals surface area contributed by atoms with Crippen molar-refractivity contribution in [1.29, 1.82) is 0 Å². The van der Waals surface area contributed by atoms with E-state index in [0.717, 1.165) is 116 Å². The first-order valence-corrected chi connectivity index (χ1v) is 28.4. The molecule has 0 radical (unpaired) electrons. The van der Waals surface area contributed by atoms with Crippen molar-refractivity contribution in [1.82, 2.24) is 0 Å². The van der Waals surface area contributed by atoms with Gasteiger partial charge in [0.05, 0.1) is 0 Å². The van der Waals surface area contributed by atoms with E-state index < -0.39 is 6.10 Å². The first-order chi connectivity index (χ1) is 33.0. The summed E-state index contributed by atoms with van der Waals surface area (Å²) < 4.78 is 16.8. The molecule has 0 spiro atoms. The second kappa shape index (κ2) is 55.4. The summed E-state index contributed by atoms with van der Waals surface area (Å²) in [6.07, 6.45) is 70.3. The Morgan fingerprint density at radius 2 is 0.582 bits per heavy atom. The lowest BCUT2D eigenvalue weighted by Crippen LogP contribution is -2.30. The molecule has 1 atom stereocenters. The van der Waals surface area contributed by atoms with Crippen molar-refractivity contribution >= 4 is 17.9 Å². The maximum absolute atomic E-state index is 12.8. The lowest BCUT2D eigenvalue weighted by Gasteiger charge is -2.18. The zero-order chi connectivity index (χ0) is 48.6. The van der Waals surface area contributed by atoms with E-state index in [4.69, 9.17) is 14.2 Å². The molecule has 6 nitrogen and oxygen atoms in total. The van der Waals surface area contributed by atoms with E-state index in [1.807, 2.05) is 0 Å². The Morgan fingerprint density at radius 1 is 0.313 bits per heavy atom. The first kappa shape index (κ1) is 63.8. The molecule has 0 aliphatic carbocycles. The smallest absolute Gasteiger partial charge is 0.306 e. The molecule has 386 valence electrons. The van der Waals surface area contributed by atoms with Crippen molar-refractivity contribution in [2.45, 2.75) is 284 Å². The van der Waals surface area contributed by atoms with Gasteiger partial charge in [0.15, 0.2) is 6.10 Å². The highest BCUT2D eigenvalue weighted by atomic mass is 16.6. The number of hydrogen-bond acceptors (Lipinski definition) is 6. The molecule has 0 rings (SSSR count). The van der Waals surface area contributed by atoms with Crippen molar-refractivity contribution in [3.8, 4) is 0 Å². The molecule has 0 unspecified atom stereocenters. The van der Waals surface area contributed by atoms with Gasteiger partial charge < -0.3 is 14.2 Å². The Hall–Kier alpha value is -3.15. The molecule has 0 aromatic heterocycles. The van der Waals surface area contributed by atoms with Gasteiger partial charge in [-0.15, -0.1) is 0 Å². The van der Waals surface area contributed by atoms with Crippen LogP contribution in [-0.4, -0.2) is 37.2 Å². The Labute approximate surface area is 414 Å². The highest BCUT2D eigenvalue weighted by Crippen LogP contribution is 2.15. The topological polar surface area (TPSA) is 78.9 Å². The third-order valence-electron chi connectivity index (χ3n) is 12.2. The summed E-state index contributed by atoms with van der Waals surface area (Å²) in [6.45, 7) is 6.49. The average molecular weight is 936 g/mol. The van der Waals surface area contributed by atoms with E-state index in [0.29, 0.717) is 19.3 Å². The van der Waals surface area contributed by atoms with Crippen molar-refractivity contribution in [3.05, 3.63) is 72.9 Å². The van der Waals surface area contributed by atoms with E-state index >= 15 is 0 Å². The van der Waals surface area contributed by atoms with Crippen molar-refractivity contribution in [2.75, 3.05) is 13.2 Å². The largest absolute Gasteiger partial charge is 0.462 e. The van der Waals surface area contributed by atoms with Gasteiger partial charge in [-0.3, -0.25) is 14.4 Å². The zero-order valence-corrected chi connectivity index (χ0v) is 44.2. The van der Waals surface area contributed by atoms with Crippen LogP contribution in [0.1, 0.15) is 278 Å². The fourth-order valence-corrected chi connectivity index (χ4v) is 7.89. The fraction of sp³-hybridized carbons (Fsp3) is 0.754. The Kier molecular flexibility index (Phi) is 52.8. The molecule has 0 aromatic carbocycles. The summed E-state index contributed by atoms with van der Waals surface area (Å²) in [5.74, 6) is -0.909. The van der Waals surface area contributed by atoms with Gasteiger partial charge >= 0.3 is 17.9 Å². The highest BCUT2D eigenvalue weighted by Gasteiger charge is 2.19. The van der Waals surface area contributed by atoms with E-state index in [1.54, 1.807) is 0 Å². The summed E-state index contributed by atoms with van der Waals surface area (Å²) in [5, 5.41) is 0. The molecule has 0 bridgehead atoms. The summed E-state index contributed by atoms with van der Waals surface area (Å²) >= 11 is 0. The number of allylic oxidation sites excluding steroid dienone is 12. The van der Waals surface area contributed by atoms with Crippen LogP contribution in [-0.2, 0) is 28.6 Å². The van der Waals surface area contributed by atoms with Gasteiger partial charge in [0, 0.05) is 19.3 Å². The van der Waals surface area contributed by atoms with E-state index in [-0.39, 0.29) is 31.1 Å². The number of ether oxygens (including phenoxy) is 3. The second-order valence-electron chi connectivity index (χ2n) is 18.8. The molecule has 0 heterocycles. The monoisotopic (exact) mass is 935 g/mol. The molecule has 0 fully saturated rings. The molecule has 67 heavy (non-hydrogen) atoms. The lowest BCUT2D eigenvalue weighted by atomic mass is 10.1. The number of unbranched alkanes of at least 4 members (excludes halogenated alkanes) is 28. The van der Waals surface area contributed by atoms with Crippen LogP contribution in [0.2, 0.25) is 0 Å². The van der Waals surface area contributed by atoms with Crippen LogP contribution in [0.4, 0.5) is 0 Å². The minimum Gasteiger partial charge on any atom is -0.462 e. The quantitative estimate of drug-likeness (QED) is 0.0262. The Bertz CT molecular complexity index is 1260. The van der Waals surface area contributed by atoms with Crippen LogP contribution in [0.5, 0.6) is 0 Å². The predicted octanol–water partition coefficient (Wildman–Crippen LogP) is 19.0. The minimum atomic E-state index is -0.789. The Morgan fingerprint density at radius 3 is 0.955 bits per heavy atom. The van der Waals surface area contributed by atoms with E-state index in [2.05, 4.69) is 93.7 Å². The molecule has 0 aliphatic heterocycles. The van der Waals surface area contributed by atoms with E-state index in [9.17, 15) is 14.4 Å². The van der Waals surface area contributed by atoms with Crippen LogP contribution in [0.25, 0.3) is 0 Å². The maximum Gasteiger partial charge on any atom is 0.306 e. The minimum absolute atomic E-state index is 0.0861. The predicted molar refractivity (Wildman–Crippen MR) is 288 cm³/mol. The summed E-state index contributed by atoms with van der Waals surface area (Å²) in [7, 11) is 0. The van der Waals surface area contributed by atoms with Crippen LogP contribution >= 0.6 is 0 Å². The van der Waals surface area contributed by atoms with Gasteiger partial charge in [-0.25, -0.2) is 0 Å². The number of esters is 3. The van der Waals surface area contributed by atoms with Crippen LogP contribution in [0.15, 0.2) is 72.9 Å². The van der Waals surface area contributed by atoms with Gasteiger partial charge in [0.2, 0.25) is 0 Å². The summed E-state index contributed by atoms with van der Waals surface area (Å²) in [6, 6.07) is 0. The summed E-state index contributed by atoms with van der Waals surface area (Å²) in [4.78, 5) is 38.1. The average Bonchev–Trinajstić information content (AvgIpc) is 3.33.